The minimum Gasteiger partial charge on any atom is -0.486 e. The molecule has 0 fully saturated rings. The Morgan fingerprint density at radius 1 is 1.00 bits per heavy atom. The number of carbonyl (C=O) groups excluding carboxylic acids is 1. The number of fused-ring (bicyclic) bond motifs is 1. The van der Waals surface area contributed by atoms with Crippen molar-refractivity contribution in [2.24, 2.45) is 0 Å². The highest BCUT2D eigenvalue weighted by atomic mass is 32.1. The minimum absolute atomic E-state index is 0.0379. The highest BCUT2D eigenvalue weighted by molar-refractivity contribution is 7.09. The van der Waals surface area contributed by atoms with E-state index < -0.39 is 0 Å². The van der Waals surface area contributed by atoms with Gasteiger partial charge in [0.1, 0.15) is 19.0 Å². The molecule has 0 N–H and O–H groups in total. The van der Waals surface area contributed by atoms with Crippen LogP contribution in [0.1, 0.15) is 4.88 Å². The van der Waals surface area contributed by atoms with Crippen LogP contribution in [0, 0.1) is 0 Å². The molecular weight excluding hydrogens is 362 g/mol. The molecule has 3 aromatic rings. The molecule has 6 heteroatoms. The van der Waals surface area contributed by atoms with Gasteiger partial charge in [-0.25, -0.2) is 0 Å². The molecule has 0 aliphatic carbocycles. The summed E-state index contributed by atoms with van der Waals surface area (Å²) in [6, 6.07) is 18.9. The zero-order chi connectivity index (χ0) is 18.5. The summed E-state index contributed by atoms with van der Waals surface area (Å²) in [4.78, 5) is 15.8. The van der Waals surface area contributed by atoms with Crippen molar-refractivity contribution in [2.45, 2.75) is 6.54 Å². The first-order valence-corrected chi connectivity index (χ1v) is 9.58. The van der Waals surface area contributed by atoms with Gasteiger partial charge in [-0.1, -0.05) is 24.3 Å². The third-order valence-electron chi connectivity index (χ3n) is 4.14. The van der Waals surface area contributed by atoms with E-state index in [4.69, 9.17) is 14.2 Å². The molecule has 0 saturated heterocycles. The zero-order valence-electron chi connectivity index (χ0n) is 14.7. The van der Waals surface area contributed by atoms with E-state index >= 15 is 0 Å². The molecule has 0 bridgehead atoms. The molecule has 0 saturated carbocycles. The monoisotopic (exact) mass is 381 g/mol. The van der Waals surface area contributed by atoms with Crippen LogP contribution in [0.25, 0.3) is 0 Å². The highest BCUT2D eigenvalue weighted by Crippen LogP contribution is 2.34. The summed E-state index contributed by atoms with van der Waals surface area (Å²) in [6.45, 7) is 1.49. The average Bonchev–Trinajstić information content (AvgIpc) is 3.24. The van der Waals surface area contributed by atoms with Crippen molar-refractivity contribution >= 4 is 22.9 Å². The summed E-state index contributed by atoms with van der Waals surface area (Å²) in [6.07, 6.45) is 0. The Balaban J connectivity index is 1.55. The van der Waals surface area contributed by atoms with E-state index in [1.165, 1.54) is 0 Å². The molecule has 4 rings (SSSR count). The molecule has 1 aromatic heterocycles. The molecule has 27 heavy (non-hydrogen) atoms. The number of carbonyl (C=O) groups is 1. The maximum atomic E-state index is 12.9. The first-order chi connectivity index (χ1) is 13.3. The van der Waals surface area contributed by atoms with Crippen LogP contribution in [0.5, 0.6) is 17.2 Å². The Morgan fingerprint density at radius 2 is 1.81 bits per heavy atom. The van der Waals surface area contributed by atoms with Crippen molar-refractivity contribution in [3.63, 3.8) is 0 Å². The fourth-order valence-electron chi connectivity index (χ4n) is 2.82. The first-order valence-electron chi connectivity index (χ1n) is 8.70. The second-order valence-electron chi connectivity index (χ2n) is 5.99. The standard InChI is InChI=1S/C21H19NO4S/c23-21(15-26-17-5-2-1-3-6-17)22(14-18-7-4-12-27-18)16-8-9-19-20(13-16)25-11-10-24-19/h1-9,12-13H,10-11,14-15H2. The van der Waals surface area contributed by atoms with Crippen molar-refractivity contribution in [3.8, 4) is 17.2 Å². The maximum absolute atomic E-state index is 12.9. The number of ether oxygens (including phenoxy) is 3. The van der Waals surface area contributed by atoms with Gasteiger partial charge in [0.15, 0.2) is 18.1 Å². The van der Waals surface area contributed by atoms with Gasteiger partial charge in [-0.05, 0) is 35.7 Å². The predicted octanol–water partition coefficient (Wildman–Crippen LogP) is 4.13. The van der Waals surface area contributed by atoms with Crippen molar-refractivity contribution in [1.29, 1.82) is 0 Å². The van der Waals surface area contributed by atoms with Crippen molar-refractivity contribution in [1.82, 2.24) is 0 Å². The van der Waals surface area contributed by atoms with Gasteiger partial charge >= 0.3 is 0 Å². The summed E-state index contributed by atoms with van der Waals surface area (Å²) in [5, 5.41) is 2.00. The quantitative estimate of drug-likeness (QED) is 0.644. The van der Waals surface area contributed by atoms with Crippen LogP contribution in [0.15, 0.2) is 66.0 Å². The highest BCUT2D eigenvalue weighted by Gasteiger charge is 2.21. The fraction of sp³-hybridized carbons (Fsp3) is 0.190. The number of para-hydroxylation sites is 1. The van der Waals surface area contributed by atoms with Gasteiger partial charge < -0.3 is 19.1 Å². The van der Waals surface area contributed by atoms with E-state index in [-0.39, 0.29) is 12.5 Å². The summed E-state index contributed by atoms with van der Waals surface area (Å²) in [5.41, 5.74) is 0.759. The minimum atomic E-state index is -0.121. The maximum Gasteiger partial charge on any atom is 0.265 e. The van der Waals surface area contributed by atoms with Crippen LogP contribution in [-0.2, 0) is 11.3 Å². The smallest absolute Gasteiger partial charge is 0.265 e. The number of hydrogen-bond donors (Lipinski definition) is 0. The van der Waals surface area contributed by atoms with Gasteiger partial charge in [0.05, 0.1) is 6.54 Å². The number of rotatable bonds is 6. The Labute approximate surface area is 161 Å². The molecule has 1 aliphatic heterocycles. The summed E-state index contributed by atoms with van der Waals surface area (Å²) in [7, 11) is 0. The Morgan fingerprint density at radius 3 is 2.59 bits per heavy atom. The van der Waals surface area contributed by atoms with E-state index in [0.717, 1.165) is 10.6 Å². The second kappa shape index (κ2) is 8.14. The largest absolute Gasteiger partial charge is 0.486 e. The van der Waals surface area contributed by atoms with Crippen LogP contribution >= 0.6 is 11.3 Å². The lowest BCUT2D eigenvalue weighted by atomic mass is 10.2. The van der Waals surface area contributed by atoms with Gasteiger partial charge in [-0.15, -0.1) is 11.3 Å². The second-order valence-corrected chi connectivity index (χ2v) is 7.02. The molecule has 0 radical (unpaired) electrons. The SMILES string of the molecule is O=C(COc1ccccc1)N(Cc1cccs1)c1ccc2c(c1)OCCO2. The number of hydrogen-bond acceptors (Lipinski definition) is 5. The predicted molar refractivity (Wildman–Crippen MR) is 105 cm³/mol. The normalized spacial score (nSPS) is 12.4. The van der Waals surface area contributed by atoms with Crippen LogP contribution in [0.2, 0.25) is 0 Å². The number of amides is 1. The van der Waals surface area contributed by atoms with Crippen molar-refractivity contribution < 1.29 is 19.0 Å². The molecule has 1 aliphatic rings. The number of benzene rings is 2. The average molecular weight is 381 g/mol. The van der Waals surface area contributed by atoms with Gasteiger partial charge in [0.25, 0.3) is 5.91 Å². The molecule has 0 atom stereocenters. The van der Waals surface area contributed by atoms with Crippen molar-refractivity contribution in [2.75, 3.05) is 24.7 Å². The Bertz CT molecular complexity index is 896. The molecule has 2 aromatic carbocycles. The lowest BCUT2D eigenvalue weighted by molar-refractivity contribution is -0.120. The lowest BCUT2D eigenvalue weighted by Crippen LogP contribution is -2.34. The molecule has 0 spiro atoms. The third-order valence-corrected chi connectivity index (χ3v) is 5.00. The van der Waals surface area contributed by atoms with Crippen molar-refractivity contribution in [3.05, 3.63) is 70.9 Å². The first kappa shape index (κ1) is 17.4. The van der Waals surface area contributed by atoms with Gasteiger partial charge in [0.2, 0.25) is 0 Å². The molecule has 1 amide bonds. The van der Waals surface area contributed by atoms with E-state index in [1.807, 2.05) is 66.0 Å². The Kier molecular flexibility index (Phi) is 5.25. The summed E-state index contributed by atoms with van der Waals surface area (Å²) >= 11 is 1.62. The summed E-state index contributed by atoms with van der Waals surface area (Å²) in [5.74, 6) is 1.91. The van der Waals surface area contributed by atoms with E-state index in [9.17, 15) is 4.79 Å². The number of anilines is 1. The van der Waals surface area contributed by atoms with Crippen LogP contribution in [-0.4, -0.2) is 25.7 Å². The Hall–Kier alpha value is -2.99. The zero-order valence-corrected chi connectivity index (χ0v) is 15.5. The van der Waals surface area contributed by atoms with E-state index in [1.54, 1.807) is 16.2 Å². The topological polar surface area (TPSA) is 48.0 Å². The van der Waals surface area contributed by atoms with Gasteiger partial charge in [-0.3, -0.25) is 4.79 Å². The van der Waals surface area contributed by atoms with Crippen LogP contribution < -0.4 is 19.1 Å². The van der Waals surface area contributed by atoms with E-state index in [0.29, 0.717) is 37.0 Å². The van der Waals surface area contributed by atoms with Crippen LogP contribution in [0.3, 0.4) is 0 Å². The number of thiophene rings is 1. The molecule has 0 unspecified atom stereocenters. The van der Waals surface area contributed by atoms with Gasteiger partial charge in [-0.2, -0.15) is 0 Å². The lowest BCUT2D eigenvalue weighted by Gasteiger charge is -2.25. The molecule has 2 heterocycles. The van der Waals surface area contributed by atoms with E-state index in [2.05, 4.69) is 0 Å². The molecule has 5 nitrogen and oxygen atoms in total. The van der Waals surface area contributed by atoms with Crippen LogP contribution in [0.4, 0.5) is 5.69 Å². The third kappa shape index (κ3) is 4.23. The number of nitrogens with zero attached hydrogens (tertiary/aromatic N) is 1. The van der Waals surface area contributed by atoms with Gasteiger partial charge in [0, 0.05) is 16.6 Å². The molecular formula is C21H19NO4S. The fourth-order valence-corrected chi connectivity index (χ4v) is 3.51. The molecule has 138 valence electrons. The summed E-state index contributed by atoms with van der Waals surface area (Å²) < 4.78 is 16.9.